The van der Waals surface area contributed by atoms with E-state index in [9.17, 15) is 0 Å². The Hall–Kier alpha value is -0.480. The van der Waals surface area contributed by atoms with Gasteiger partial charge in [0.25, 0.3) is 0 Å². The van der Waals surface area contributed by atoms with Crippen LogP contribution in [0.25, 0.3) is 0 Å². The second-order valence-electron chi connectivity index (χ2n) is 5.29. The first-order valence-electron chi connectivity index (χ1n) is 5.85. The maximum atomic E-state index is 5.28. The predicted octanol–water partition coefficient (Wildman–Crippen LogP) is 1.63. The molecule has 0 aliphatic heterocycles. The van der Waals surface area contributed by atoms with Crippen molar-refractivity contribution in [3.05, 3.63) is 0 Å². The van der Waals surface area contributed by atoms with Crippen LogP contribution in [-0.2, 0) is 0 Å². The molecule has 15 heavy (non-hydrogen) atoms. The molecule has 0 spiro atoms. The van der Waals surface area contributed by atoms with Gasteiger partial charge in [0.05, 0.1) is 0 Å². The van der Waals surface area contributed by atoms with Gasteiger partial charge in [-0.15, -0.1) is 0 Å². The molecule has 0 radical (unpaired) electrons. The molecule has 4 aliphatic rings. The number of rotatable bonds is 0. The van der Waals surface area contributed by atoms with Gasteiger partial charge in [0.2, 0.25) is 5.11 Å². The standard InChI is InChI=1S/C11H17N3S/c12-14-11(15)13-10-8-2-6-1-7(4-8)5-9(10)3-6/h6-9H,1-5,12H2,(H,14,15). The van der Waals surface area contributed by atoms with Crippen molar-refractivity contribution in [3.8, 4) is 0 Å². The molecule has 4 rings (SSSR count). The first kappa shape index (κ1) is 9.73. The lowest BCUT2D eigenvalue weighted by molar-refractivity contribution is 0.109. The first-order valence-corrected chi connectivity index (χ1v) is 6.26. The van der Waals surface area contributed by atoms with Crippen molar-refractivity contribution >= 4 is 23.0 Å². The fourth-order valence-corrected chi connectivity index (χ4v) is 4.10. The summed E-state index contributed by atoms with van der Waals surface area (Å²) in [6.45, 7) is 0. The van der Waals surface area contributed by atoms with Crippen molar-refractivity contribution in [3.63, 3.8) is 0 Å². The van der Waals surface area contributed by atoms with Gasteiger partial charge in [0.15, 0.2) is 0 Å². The van der Waals surface area contributed by atoms with Crippen molar-refractivity contribution in [2.24, 2.45) is 34.5 Å². The fourth-order valence-electron chi connectivity index (χ4n) is 4.00. The van der Waals surface area contributed by atoms with Crippen molar-refractivity contribution in [1.82, 2.24) is 5.43 Å². The Labute approximate surface area is 95.5 Å². The molecule has 0 aromatic heterocycles. The Balaban J connectivity index is 1.86. The van der Waals surface area contributed by atoms with E-state index in [1.807, 2.05) is 0 Å². The fraction of sp³-hybridized carbons (Fsp3) is 0.818. The topological polar surface area (TPSA) is 50.4 Å². The molecule has 4 fully saturated rings. The molecule has 0 saturated heterocycles. The van der Waals surface area contributed by atoms with Gasteiger partial charge in [-0.05, 0) is 68.0 Å². The average Bonchev–Trinajstić information content (AvgIpc) is 2.22. The molecule has 4 heteroatoms. The summed E-state index contributed by atoms with van der Waals surface area (Å²) in [6.07, 6.45) is 6.86. The zero-order chi connectivity index (χ0) is 10.4. The lowest BCUT2D eigenvalue weighted by Crippen LogP contribution is -2.46. The minimum absolute atomic E-state index is 0.456. The van der Waals surface area contributed by atoms with Gasteiger partial charge < -0.3 is 0 Å². The van der Waals surface area contributed by atoms with E-state index >= 15 is 0 Å². The van der Waals surface area contributed by atoms with E-state index in [2.05, 4.69) is 10.4 Å². The van der Waals surface area contributed by atoms with E-state index in [4.69, 9.17) is 18.1 Å². The zero-order valence-corrected chi connectivity index (χ0v) is 9.59. The van der Waals surface area contributed by atoms with Gasteiger partial charge in [0.1, 0.15) is 0 Å². The molecule has 3 nitrogen and oxygen atoms in total. The van der Waals surface area contributed by atoms with Crippen LogP contribution in [0, 0.1) is 23.7 Å². The van der Waals surface area contributed by atoms with Gasteiger partial charge >= 0.3 is 0 Å². The maximum absolute atomic E-state index is 5.28. The molecule has 3 N–H and O–H groups in total. The Morgan fingerprint density at radius 1 is 1.13 bits per heavy atom. The lowest BCUT2D eigenvalue weighted by Gasteiger charge is -2.50. The summed E-state index contributed by atoms with van der Waals surface area (Å²) in [7, 11) is 0. The van der Waals surface area contributed by atoms with E-state index < -0.39 is 0 Å². The first-order chi connectivity index (χ1) is 7.26. The highest BCUT2D eigenvalue weighted by atomic mass is 32.1. The van der Waals surface area contributed by atoms with Gasteiger partial charge in [-0.1, -0.05) is 0 Å². The van der Waals surface area contributed by atoms with Crippen LogP contribution in [0.3, 0.4) is 0 Å². The third kappa shape index (κ3) is 1.60. The van der Waals surface area contributed by atoms with Crippen LogP contribution >= 0.6 is 12.2 Å². The Morgan fingerprint density at radius 2 is 1.67 bits per heavy atom. The summed E-state index contributed by atoms with van der Waals surface area (Å²) in [5.74, 6) is 8.66. The van der Waals surface area contributed by atoms with Crippen molar-refractivity contribution in [1.29, 1.82) is 0 Å². The van der Waals surface area contributed by atoms with Crippen LogP contribution in [0.15, 0.2) is 4.99 Å². The third-order valence-electron chi connectivity index (χ3n) is 4.33. The molecule has 4 aliphatic carbocycles. The highest BCUT2D eigenvalue weighted by Gasteiger charge is 2.46. The zero-order valence-electron chi connectivity index (χ0n) is 8.78. The number of aliphatic imine (C=N–C) groups is 1. The predicted molar refractivity (Wildman–Crippen MR) is 64.4 cm³/mol. The van der Waals surface area contributed by atoms with E-state index in [1.54, 1.807) is 0 Å². The number of thiocarbonyl (C=S) groups is 1. The summed E-state index contributed by atoms with van der Waals surface area (Å²) >= 11 is 5.03. The molecule has 0 atom stereocenters. The quantitative estimate of drug-likeness (QED) is 0.373. The third-order valence-corrected chi connectivity index (χ3v) is 4.54. The molecule has 82 valence electrons. The van der Waals surface area contributed by atoms with Crippen molar-refractivity contribution in [2.45, 2.75) is 32.1 Å². The van der Waals surface area contributed by atoms with Gasteiger partial charge in [-0.2, -0.15) is 0 Å². The van der Waals surface area contributed by atoms with Gasteiger partial charge in [-0.3, -0.25) is 5.43 Å². The highest BCUT2D eigenvalue weighted by Crippen LogP contribution is 2.52. The smallest absolute Gasteiger partial charge is 0.206 e. The molecular weight excluding hydrogens is 206 g/mol. The number of hydrazine groups is 1. The van der Waals surface area contributed by atoms with E-state index in [-0.39, 0.29) is 0 Å². The van der Waals surface area contributed by atoms with Crippen LogP contribution in [0.2, 0.25) is 0 Å². The van der Waals surface area contributed by atoms with Gasteiger partial charge in [0, 0.05) is 5.71 Å². The van der Waals surface area contributed by atoms with Crippen LogP contribution in [0.4, 0.5) is 0 Å². The summed E-state index contributed by atoms with van der Waals surface area (Å²) in [5, 5.41) is 0.456. The summed E-state index contributed by atoms with van der Waals surface area (Å²) < 4.78 is 0. The Kier molecular flexibility index (Phi) is 2.29. The molecule has 0 heterocycles. The average molecular weight is 223 g/mol. The number of nitrogens with two attached hydrogens (primary N) is 1. The van der Waals surface area contributed by atoms with Gasteiger partial charge in [-0.25, -0.2) is 10.8 Å². The molecule has 0 amide bonds. The van der Waals surface area contributed by atoms with Crippen LogP contribution in [0.1, 0.15) is 32.1 Å². The van der Waals surface area contributed by atoms with Crippen LogP contribution in [0.5, 0.6) is 0 Å². The normalized spacial score (nSPS) is 41.8. The molecule has 0 aromatic carbocycles. The second kappa shape index (κ2) is 3.52. The van der Waals surface area contributed by atoms with Crippen molar-refractivity contribution in [2.75, 3.05) is 0 Å². The van der Waals surface area contributed by atoms with E-state index in [1.165, 1.54) is 37.8 Å². The maximum Gasteiger partial charge on any atom is 0.206 e. The monoisotopic (exact) mass is 223 g/mol. The molecule has 0 aromatic rings. The Bertz CT molecular complexity index is 294. The molecule has 4 saturated carbocycles. The summed E-state index contributed by atoms with van der Waals surface area (Å²) in [4.78, 5) is 4.51. The number of hydrogen-bond acceptors (Lipinski definition) is 2. The number of nitrogens with zero attached hydrogens (tertiary/aromatic N) is 1. The SMILES string of the molecule is NNC(=S)N=C1C2CC3CC(C2)CC1C3. The second-order valence-corrected chi connectivity index (χ2v) is 5.68. The Morgan fingerprint density at radius 3 is 2.13 bits per heavy atom. The number of hydrogen-bond donors (Lipinski definition) is 2. The summed E-state index contributed by atoms with van der Waals surface area (Å²) in [6, 6.07) is 0. The molecule has 0 unspecified atom stereocenters. The highest BCUT2D eigenvalue weighted by molar-refractivity contribution is 7.80. The molecular formula is C11H17N3S. The van der Waals surface area contributed by atoms with E-state index in [0.717, 1.165) is 11.8 Å². The lowest BCUT2D eigenvalue weighted by atomic mass is 9.55. The summed E-state index contributed by atoms with van der Waals surface area (Å²) in [5.41, 5.74) is 3.82. The molecule has 4 bridgehead atoms. The van der Waals surface area contributed by atoms with Crippen LogP contribution in [-0.4, -0.2) is 10.8 Å². The van der Waals surface area contributed by atoms with E-state index in [0.29, 0.717) is 16.9 Å². The largest absolute Gasteiger partial charge is 0.299 e. The number of nitrogens with one attached hydrogen (secondary N) is 1. The van der Waals surface area contributed by atoms with Crippen LogP contribution < -0.4 is 11.3 Å². The minimum atomic E-state index is 0.456. The van der Waals surface area contributed by atoms with Crippen molar-refractivity contribution < 1.29 is 0 Å². The minimum Gasteiger partial charge on any atom is -0.299 e.